The van der Waals surface area contributed by atoms with Crippen molar-refractivity contribution >= 4 is 23.2 Å². The number of carbonyl (C=O) groups excluding carboxylic acids is 2. The third-order valence-electron chi connectivity index (χ3n) is 4.64. The maximum atomic E-state index is 12.4. The average Bonchev–Trinajstić information content (AvgIpc) is 3.05. The van der Waals surface area contributed by atoms with E-state index in [1.807, 2.05) is 11.8 Å². The first-order valence-electron chi connectivity index (χ1n) is 8.53. The molecule has 1 aromatic carbocycles. The number of ether oxygens (including phenoxy) is 1. The number of carbonyl (C=O) groups is 2. The molecule has 1 N–H and O–H groups in total. The van der Waals surface area contributed by atoms with E-state index in [4.69, 9.17) is 9.57 Å². The molecule has 2 aliphatic heterocycles. The largest absolute Gasteiger partial charge is 0.497 e. The number of benzene rings is 1. The number of rotatable bonds is 4. The fourth-order valence-electron chi connectivity index (χ4n) is 3.27. The van der Waals surface area contributed by atoms with Gasteiger partial charge < -0.3 is 19.8 Å². The third-order valence-corrected chi connectivity index (χ3v) is 4.64. The molecule has 1 atom stereocenters. The molecule has 1 aromatic rings. The number of piperidine rings is 1. The Labute approximate surface area is 147 Å². The third kappa shape index (κ3) is 3.75. The van der Waals surface area contributed by atoms with Crippen LogP contribution in [-0.4, -0.2) is 48.2 Å². The van der Waals surface area contributed by atoms with Gasteiger partial charge in [0, 0.05) is 25.1 Å². The van der Waals surface area contributed by atoms with Crippen LogP contribution >= 0.6 is 0 Å². The summed E-state index contributed by atoms with van der Waals surface area (Å²) in [6, 6.07) is 7.09. The maximum absolute atomic E-state index is 12.4. The SMILES string of the molecule is CCC(=O)N1CCCC2(CC(C(=O)Nc3ccc(OC)cc3)=NO2)C1. The van der Waals surface area contributed by atoms with Crippen molar-refractivity contribution in [1.29, 1.82) is 0 Å². The van der Waals surface area contributed by atoms with Crippen molar-refractivity contribution < 1.29 is 19.2 Å². The van der Waals surface area contributed by atoms with Gasteiger partial charge in [0.1, 0.15) is 11.5 Å². The molecule has 2 heterocycles. The Bertz CT molecular complexity index is 686. The number of hydrogen-bond donors (Lipinski definition) is 1. The van der Waals surface area contributed by atoms with Crippen molar-refractivity contribution in [1.82, 2.24) is 4.90 Å². The topological polar surface area (TPSA) is 80.2 Å². The summed E-state index contributed by atoms with van der Waals surface area (Å²) in [4.78, 5) is 31.8. The van der Waals surface area contributed by atoms with E-state index >= 15 is 0 Å². The molecule has 1 unspecified atom stereocenters. The lowest BCUT2D eigenvalue weighted by atomic mass is 9.88. The average molecular weight is 345 g/mol. The van der Waals surface area contributed by atoms with Crippen LogP contribution in [0.2, 0.25) is 0 Å². The Balaban J connectivity index is 1.61. The first-order chi connectivity index (χ1) is 12.0. The van der Waals surface area contributed by atoms with Crippen LogP contribution in [0.5, 0.6) is 5.75 Å². The molecule has 7 heteroatoms. The number of methoxy groups -OCH3 is 1. The van der Waals surface area contributed by atoms with E-state index in [2.05, 4.69) is 10.5 Å². The van der Waals surface area contributed by atoms with E-state index in [0.29, 0.717) is 30.8 Å². The normalized spacial score (nSPS) is 22.3. The Morgan fingerprint density at radius 3 is 2.80 bits per heavy atom. The van der Waals surface area contributed by atoms with Gasteiger partial charge in [-0.2, -0.15) is 0 Å². The minimum atomic E-state index is -0.560. The zero-order chi connectivity index (χ0) is 17.9. The molecule has 7 nitrogen and oxygen atoms in total. The molecular weight excluding hydrogens is 322 g/mol. The molecule has 0 saturated carbocycles. The smallest absolute Gasteiger partial charge is 0.273 e. The highest BCUT2D eigenvalue weighted by Crippen LogP contribution is 2.34. The summed E-state index contributed by atoms with van der Waals surface area (Å²) < 4.78 is 5.10. The minimum absolute atomic E-state index is 0.110. The van der Waals surface area contributed by atoms with E-state index in [0.717, 1.165) is 25.1 Å². The molecule has 2 amide bonds. The number of hydrogen-bond acceptors (Lipinski definition) is 5. The van der Waals surface area contributed by atoms with Gasteiger partial charge in [0.15, 0.2) is 5.60 Å². The molecule has 1 saturated heterocycles. The monoisotopic (exact) mass is 345 g/mol. The van der Waals surface area contributed by atoms with Crippen molar-refractivity contribution in [3.8, 4) is 5.75 Å². The number of amides is 2. The molecule has 0 aliphatic carbocycles. The van der Waals surface area contributed by atoms with Crippen molar-refractivity contribution in [2.75, 3.05) is 25.5 Å². The number of likely N-dealkylation sites (tertiary alicyclic amines) is 1. The molecule has 134 valence electrons. The Hall–Kier alpha value is -2.57. The minimum Gasteiger partial charge on any atom is -0.497 e. The zero-order valence-electron chi connectivity index (χ0n) is 14.6. The van der Waals surface area contributed by atoms with Crippen molar-refractivity contribution in [2.45, 2.75) is 38.2 Å². The number of nitrogens with one attached hydrogen (secondary N) is 1. The molecular formula is C18H23N3O4. The van der Waals surface area contributed by atoms with E-state index in [9.17, 15) is 9.59 Å². The maximum Gasteiger partial charge on any atom is 0.273 e. The second-order valence-electron chi connectivity index (χ2n) is 6.44. The molecule has 1 fully saturated rings. The van der Waals surface area contributed by atoms with Crippen LogP contribution in [-0.2, 0) is 14.4 Å². The molecule has 0 bridgehead atoms. The molecule has 3 rings (SSSR count). The van der Waals surface area contributed by atoms with E-state index in [1.54, 1.807) is 31.4 Å². The summed E-state index contributed by atoms with van der Waals surface area (Å²) in [7, 11) is 1.59. The predicted octanol–water partition coefficient (Wildman–Crippen LogP) is 2.18. The van der Waals surface area contributed by atoms with Gasteiger partial charge >= 0.3 is 0 Å². The van der Waals surface area contributed by atoms with Crippen LogP contribution in [0, 0.1) is 0 Å². The van der Waals surface area contributed by atoms with E-state index in [-0.39, 0.29) is 11.8 Å². The van der Waals surface area contributed by atoms with Crippen molar-refractivity contribution in [3.05, 3.63) is 24.3 Å². The van der Waals surface area contributed by atoms with Crippen LogP contribution in [0.25, 0.3) is 0 Å². The van der Waals surface area contributed by atoms with Crippen LogP contribution in [0.1, 0.15) is 32.6 Å². The van der Waals surface area contributed by atoms with Crippen LogP contribution < -0.4 is 10.1 Å². The van der Waals surface area contributed by atoms with Crippen LogP contribution in [0.4, 0.5) is 5.69 Å². The molecule has 2 aliphatic rings. The van der Waals surface area contributed by atoms with Gasteiger partial charge in [-0.15, -0.1) is 0 Å². The fraction of sp³-hybridized carbons (Fsp3) is 0.500. The molecule has 1 spiro atoms. The highest BCUT2D eigenvalue weighted by Gasteiger charge is 2.45. The number of nitrogens with zero attached hydrogens (tertiary/aromatic N) is 2. The number of anilines is 1. The fourth-order valence-corrected chi connectivity index (χ4v) is 3.27. The van der Waals surface area contributed by atoms with Gasteiger partial charge in [0.25, 0.3) is 5.91 Å². The Morgan fingerprint density at radius 1 is 1.36 bits per heavy atom. The molecule has 0 radical (unpaired) electrons. The Morgan fingerprint density at radius 2 is 2.12 bits per heavy atom. The van der Waals surface area contributed by atoms with E-state index in [1.165, 1.54) is 0 Å². The summed E-state index contributed by atoms with van der Waals surface area (Å²) in [5, 5.41) is 6.82. The lowest BCUT2D eigenvalue weighted by Crippen LogP contribution is -2.50. The standard InChI is InChI=1S/C18H23N3O4/c1-3-16(22)21-10-4-9-18(12-21)11-15(20-25-18)17(23)19-13-5-7-14(24-2)8-6-13/h5-8H,3-4,9-12H2,1-2H3,(H,19,23). The second kappa shape index (κ2) is 7.13. The van der Waals surface area contributed by atoms with E-state index < -0.39 is 5.60 Å². The predicted molar refractivity (Wildman–Crippen MR) is 93.6 cm³/mol. The summed E-state index contributed by atoms with van der Waals surface area (Å²) in [6.07, 6.45) is 2.54. The quantitative estimate of drug-likeness (QED) is 0.907. The summed E-state index contributed by atoms with van der Waals surface area (Å²) in [5.41, 5.74) is 0.470. The van der Waals surface area contributed by atoms with Gasteiger partial charge in [0.2, 0.25) is 5.91 Å². The van der Waals surface area contributed by atoms with Gasteiger partial charge in [-0.05, 0) is 37.1 Å². The summed E-state index contributed by atoms with van der Waals surface area (Å²) in [5.74, 6) is 0.557. The van der Waals surface area contributed by atoms with Crippen molar-refractivity contribution in [2.24, 2.45) is 5.16 Å². The first-order valence-corrected chi connectivity index (χ1v) is 8.53. The number of oxime groups is 1. The highest BCUT2D eigenvalue weighted by atomic mass is 16.7. The Kier molecular flexibility index (Phi) is 4.92. The molecule has 25 heavy (non-hydrogen) atoms. The summed E-state index contributed by atoms with van der Waals surface area (Å²) in [6.45, 7) is 3.08. The van der Waals surface area contributed by atoms with Gasteiger partial charge in [-0.3, -0.25) is 9.59 Å². The van der Waals surface area contributed by atoms with Crippen LogP contribution in [0.3, 0.4) is 0 Å². The highest BCUT2D eigenvalue weighted by molar-refractivity contribution is 6.43. The summed E-state index contributed by atoms with van der Waals surface area (Å²) >= 11 is 0. The van der Waals surface area contributed by atoms with Gasteiger partial charge in [-0.25, -0.2) is 0 Å². The first kappa shape index (κ1) is 17.3. The second-order valence-corrected chi connectivity index (χ2v) is 6.44. The van der Waals surface area contributed by atoms with Crippen molar-refractivity contribution in [3.63, 3.8) is 0 Å². The molecule has 0 aromatic heterocycles. The zero-order valence-corrected chi connectivity index (χ0v) is 14.6. The lowest BCUT2D eigenvalue weighted by Gasteiger charge is -2.38. The van der Waals surface area contributed by atoms with Gasteiger partial charge in [-0.1, -0.05) is 12.1 Å². The lowest BCUT2D eigenvalue weighted by molar-refractivity contribution is -0.140. The van der Waals surface area contributed by atoms with Gasteiger partial charge in [0.05, 0.1) is 13.7 Å². The van der Waals surface area contributed by atoms with Crippen LogP contribution in [0.15, 0.2) is 29.4 Å².